The molecule has 3 nitrogen and oxygen atoms in total. The Labute approximate surface area is 86.9 Å². The van der Waals surface area contributed by atoms with Gasteiger partial charge in [0.2, 0.25) is 0 Å². The first-order chi connectivity index (χ1) is 6.17. The SMILES string of the molecule is CC(C)(C)[Si](C)(C)OCC=CC(=O)O. The second kappa shape index (κ2) is 4.75. The van der Waals surface area contributed by atoms with Gasteiger partial charge in [0.05, 0.1) is 6.61 Å². The first-order valence-electron chi connectivity index (χ1n) is 4.70. The van der Waals surface area contributed by atoms with Crippen LogP contribution in [0, 0.1) is 0 Å². The van der Waals surface area contributed by atoms with Gasteiger partial charge in [0.1, 0.15) is 0 Å². The van der Waals surface area contributed by atoms with Crippen molar-refractivity contribution in [2.75, 3.05) is 6.61 Å². The Morgan fingerprint density at radius 2 is 1.93 bits per heavy atom. The van der Waals surface area contributed by atoms with Crippen LogP contribution in [0.25, 0.3) is 0 Å². The van der Waals surface area contributed by atoms with Gasteiger partial charge < -0.3 is 9.53 Å². The molecular formula is C10H20O3Si. The largest absolute Gasteiger partial charge is 0.478 e. The normalized spacial score (nSPS) is 13.5. The van der Waals surface area contributed by atoms with Gasteiger partial charge in [-0.1, -0.05) is 26.8 Å². The van der Waals surface area contributed by atoms with E-state index in [4.69, 9.17) is 9.53 Å². The van der Waals surface area contributed by atoms with E-state index in [-0.39, 0.29) is 5.04 Å². The topological polar surface area (TPSA) is 46.5 Å². The summed E-state index contributed by atoms with van der Waals surface area (Å²) in [6.07, 6.45) is 2.66. The summed E-state index contributed by atoms with van der Waals surface area (Å²) in [4.78, 5) is 10.2. The van der Waals surface area contributed by atoms with E-state index in [0.29, 0.717) is 6.61 Å². The molecule has 0 aliphatic carbocycles. The summed E-state index contributed by atoms with van der Waals surface area (Å²) in [5, 5.41) is 8.54. The standard InChI is InChI=1S/C10H20O3Si/c1-10(2,3)14(4,5)13-8-6-7-9(11)12/h6-7H,8H2,1-5H3,(H,11,12). The molecule has 0 aliphatic rings. The molecule has 0 aromatic rings. The number of hydrogen-bond acceptors (Lipinski definition) is 2. The maximum Gasteiger partial charge on any atom is 0.328 e. The van der Waals surface area contributed by atoms with Gasteiger partial charge >= 0.3 is 5.97 Å². The summed E-state index contributed by atoms with van der Waals surface area (Å²) < 4.78 is 5.73. The molecule has 82 valence electrons. The molecule has 0 aliphatic heterocycles. The summed E-state index contributed by atoms with van der Waals surface area (Å²) in [5.74, 6) is -0.927. The average molecular weight is 216 g/mol. The van der Waals surface area contributed by atoms with Crippen molar-refractivity contribution in [3.05, 3.63) is 12.2 Å². The maximum atomic E-state index is 10.2. The van der Waals surface area contributed by atoms with Crippen molar-refractivity contribution in [3.63, 3.8) is 0 Å². The first kappa shape index (κ1) is 13.4. The van der Waals surface area contributed by atoms with E-state index in [2.05, 4.69) is 33.9 Å². The summed E-state index contributed by atoms with van der Waals surface area (Å²) in [5.41, 5.74) is 0. The number of carboxylic acid groups (broad SMARTS) is 1. The van der Waals surface area contributed by atoms with E-state index in [9.17, 15) is 4.79 Å². The average Bonchev–Trinajstić information content (AvgIpc) is 1.95. The predicted molar refractivity (Wildman–Crippen MR) is 59.9 cm³/mol. The maximum absolute atomic E-state index is 10.2. The highest BCUT2D eigenvalue weighted by Crippen LogP contribution is 2.36. The highest BCUT2D eigenvalue weighted by atomic mass is 28.4. The lowest BCUT2D eigenvalue weighted by atomic mass is 10.2. The van der Waals surface area contributed by atoms with Crippen LogP contribution in [0.5, 0.6) is 0 Å². The smallest absolute Gasteiger partial charge is 0.328 e. The van der Waals surface area contributed by atoms with Gasteiger partial charge in [-0.15, -0.1) is 0 Å². The van der Waals surface area contributed by atoms with Crippen LogP contribution in [0.4, 0.5) is 0 Å². The zero-order chi connectivity index (χ0) is 11.4. The highest BCUT2D eigenvalue weighted by Gasteiger charge is 2.36. The predicted octanol–water partition coefficient (Wildman–Crippen LogP) is 2.65. The molecule has 1 N–H and O–H groups in total. The van der Waals surface area contributed by atoms with E-state index in [1.54, 1.807) is 6.08 Å². The molecule has 0 atom stereocenters. The third-order valence-electron chi connectivity index (χ3n) is 2.61. The molecule has 0 unspecified atom stereocenters. The number of carbonyl (C=O) groups is 1. The molecular weight excluding hydrogens is 196 g/mol. The van der Waals surface area contributed by atoms with Gasteiger partial charge in [0.25, 0.3) is 0 Å². The summed E-state index contributed by atoms with van der Waals surface area (Å²) >= 11 is 0. The van der Waals surface area contributed by atoms with Crippen LogP contribution in [-0.4, -0.2) is 26.0 Å². The van der Waals surface area contributed by atoms with Crippen molar-refractivity contribution in [1.29, 1.82) is 0 Å². The van der Waals surface area contributed by atoms with Crippen LogP contribution >= 0.6 is 0 Å². The van der Waals surface area contributed by atoms with Crippen molar-refractivity contribution >= 4 is 14.3 Å². The molecule has 4 heteroatoms. The van der Waals surface area contributed by atoms with Gasteiger partial charge in [-0.2, -0.15) is 0 Å². The molecule has 14 heavy (non-hydrogen) atoms. The summed E-state index contributed by atoms with van der Waals surface area (Å²) in [6.45, 7) is 11.1. The van der Waals surface area contributed by atoms with Crippen molar-refractivity contribution in [1.82, 2.24) is 0 Å². The van der Waals surface area contributed by atoms with E-state index < -0.39 is 14.3 Å². The number of carboxylic acids is 1. The minimum atomic E-state index is -1.72. The quantitative estimate of drug-likeness (QED) is 0.580. The van der Waals surface area contributed by atoms with E-state index in [1.165, 1.54) is 0 Å². The third kappa shape index (κ3) is 4.57. The highest BCUT2D eigenvalue weighted by molar-refractivity contribution is 6.74. The lowest BCUT2D eigenvalue weighted by molar-refractivity contribution is -0.131. The van der Waals surface area contributed by atoms with Crippen molar-refractivity contribution < 1.29 is 14.3 Å². The second-order valence-electron chi connectivity index (χ2n) is 4.81. The zero-order valence-corrected chi connectivity index (χ0v) is 10.6. The Hall–Kier alpha value is -0.613. The van der Waals surface area contributed by atoms with Crippen LogP contribution in [0.1, 0.15) is 20.8 Å². The fourth-order valence-corrected chi connectivity index (χ4v) is 1.57. The van der Waals surface area contributed by atoms with E-state index in [0.717, 1.165) is 6.08 Å². The lowest BCUT2D eigenvalue weighted by Gasteiger charge is -2.35. The molecule has 0 radical (unpaired) electrons. The van der Waals surface area contributed by atoms with Crippen molar-refractivity contribution in [2.45, 2.75) is 38.9 Å². The Bertz CT molecular complexity index is 226. The van der Waals surface area contributed by atoms with Crippen LogP contribution in [-0.2, 0) is 9.22 Å². The van der Waals surface area contributed by atoms with Gasteiger partial charge in [-0.25, -0.2) is 4.79 Å². The molecule has 0 aromatic carbocycles. The molecule has 0 amide bonds. The van der Waals surface area contributed by atoms with E-state index >= 15 is 0 Å². The zero-order valence-electron chi connectivity index (χ0n) is 9.63. The monoisotopic (exact) mass is 216 g/mol. The Kier molecular flexibility index (Phi) is 4.54. The minimum Gasteiger partial charge on any atom is -0.478 e. The Balaban J connectivity index is 4.07. The van der Waals surface area contributed by atoms with Crippen LogP contribution < -0.4 is 0 Å². The number of aliphatic carboxylic acids is 1. The van der Waals surface area contributed by atoms with Crippen molar-refractivity contribution in [3.8, 4) is 0 Å². The summed E-state index contributed by atoms with van der Waals surface area (Å²) in [6, 6.07) is 0. The molecule has 0 fully saturated rings. The second-order valence-corrected chi connectivity index (χ2v) is 9.62. The molecule has 0 rings (SSSR count). The van der Waals surface area contributed by atoms with Crippen LogP contribution in [0.2, 0.25) is 18.1 Å². The number of rotatable bonds is 4. The molecule has 0 spiro atoms. The van der Waals surface area contributed by atoms with E-state index in [1.807, 2.05) is 0 Å². The van der Waals surface area contributed by atoms with Crippen LogP contribution in [0.15, 0.2) is 12.2 Å². The molecule has 0 saturated heterocycles. The fraction of sp³-hybridized carbons (Fsp3) is 0.700. The molecule has 0 aromatic heterocycles. The van der Waals surface area contributed by atoms with Gasteiger partial charge in [0, 0.05) is 6.08 Å². The first-order valence-corrected chi connectivity index (χ1v) is 7.61. The van der Waals surface area contributed by atoms with Gasteiger partial charge in [-0.05, 0) is 18.1 Å². The fourth-order valence-electron chi connectivity index (χ4n) is 0.622. The van der Waals surface area contributed by atoms with Crippen molar-refractivity contribution in [2.24, 2.45) is 0 Å². The lowest BCUT2D eigenvalue weighted by Crippen LogP contribution is -2.40. The third-order valence-corrected chi connectivity index (χ3v) is 7.11. The van der Waals surface area contributed by atoms with Crippen LogP contribution in [0.3, 0.4) is 0 Å². The number of hydrogen-bond donors (Lipinski definition) is 1. The Morgan fingerprint density at radius 1 is 1.43 bits per heavy atom. The molecule has 0 bridgehead atoms. The summed E-state index contributed by atoms with van der Waals surface area (Å²) in [7, 11) is -1.72. The van der Waals surface area contributed by atoms with Gasteiger partial charge in [0.15, 0.2) is 8.32 Å². The minimum absolute atomic E-state index is 0.171. The molecule has 0 saturated carbocycles. The Morgan fingerprint density at radius 3 is 2.29 bits per heavy atom. The van der Waals surface area contributed by atoms with Gasteiger partial charge in [-0.3, -0.25) is 0 Å². The molecule has 0 heterocycles.